The van der Waals surface area contributed by atoms with Gasteiger partial charge in [-0.25, -0.2) is 0 Å². The molecule has 2 amide bonds. The Morgan fingerprint density at radius 2 is 1.04 bits per heavy atom. The molecule has 0 spiro atoms. The van der Waals surface area contributed by atoms with Crippen LogP contribution in [0.2, 0.25) is 0 Å². The van der Waals surface area contributed by atoms with Gasteiger partial charge < -0.3 is 20.8 Å². The predicted octanol–water partition coefficient (Wildman–Crippen LogP) is 1.84. The summed E-state index contributed by atoms with van der Waals surface area (Å²) in [6.45, 7) is 14.8. The van der Waals surface area contributed by atoms with Gasteiger partial charge in [0.15, 0.2) is 0 Å². The summed E-state index contributed by atoms with van der Waals surface area (Å²) in [5.74, 6) is -0.760. The van der Waals surface area contributed by atoms with Gasteiger partial charge in [-0.1, -0.05) is 55.4 Å². The molecule has 0 saturated heterocycles. The lowest BCUT2D eigenvalue weighted by Gasteiger charge is -2.37. The molecule has 0 heterocycles. The first-order chi connectivity index (χ1) is 11.3. The maximum absolute atomic E-state index is 13.0. The van der Waals surface area contributed by atoms with Crippen molar-refractivity contribution in [3.8, 4) is 0 Å². The molecule has 0 radical (unpaired) electrons. The summed E-state index contributed by atoms with van der Waals surface area (Å²) in [7, 11) is 0. The fourth-order valence-corrected chi connectivity index (χ4v) is 2.66. The number of rotatable bonds is 8. The van der Waals surface area contributed by atoms with Gasteiger partial charge in [0.25, 0.3) is 0 Å². The van der Waals surface area contributed by atoms with Gasteiger partial charge >= 0.3 is 0 Å². The number of nitrogens with one attached hydrogen (secondary N) is 2. The summed E-state index contributed by atoms with van der Waals surface area (Å²) < 4.78 is 0. The molecule has 4 N–H and O–H groups in total. The van der Waals surface area contributed by atoms with Crippen LogP contribution in [0.15, 0.2) is 0 Å². The monoisotopic (exact) mass is 358 g/mol. The first kappa shape index (κ1) is 23.9. The number of carbonyl (C=O) groups excluding carboxylic acids is 2. The third-order valence-corrected chi connectivity index (χ3v) is 5.14. The van der Waals surface area contributed by atoms with Crippen LogP contribution in [-0.2, 0) is 9.59 Å². The summed E-state index contributed by atoms with van der Waals surface area (Å²) in [5, 5.41) is 24.9. The molecule has 0 aromatic rings. The van der Waals surface area contributed by atoms with E-state index in [0.29, 0.717) is 12.8 Å². The second kappa shape index (κ2) is 8.99. The van der Waals surface area contributed by atoms with Gasteiger partial charge in [-0.15, -0.1) is 0 Å². The van der Waals surface area contributed by atoms with Crippen LogP contribution in [0.3, 0.4) is 0 Å². The van der Waals surface area contributed by atoms with Crippen LogP contribution >= 0.6 is 0 Å². The molecule has 0 fully saturated rings. The Balaban J connectivity index is 5.53. The zero-order valence-corrected chi connectivity index (χ0v) is 17.2. The van der Waals surface area contributed by atoms with Crippen molar-refractivity contribution >= 4 is 11.8 Å². The molecule has 0 aromatic carbocycles. The van der Waals surface area contributed by atoms with Crippen molar-refractivity contribution in [3.05, 3.63) is 0 Å². The van der Waals surface area contributed by atoms with Crippen LogP contribution in [0.1, 0.15) is 68.2 Å². The minimum Gasteiger partial charge on any atom is -0.394 e. The minimum atomic E-state index is -1.22. The number of amides is 2. The van der Waals surface area contributed by atoms with Crippen molar-refractivity contribution in [2.24, 2.45) is 16.2 Å². The maximum Gasteiger partial charge on any atom is 0.235 e. The molecule has 0 bridgehead atoms. The van der Waals surface area contributed by atoms with E-state index in [-0.39, 0.29) is 35.9 Å². The molecule has 6 heteroatoms. The Hall–Kier alpha value is -1.14. The van der Waals surface area contributed by atoms with E-state index in [1.54, 1.807) is 13.8 Å². The summed E-state index contributed by atoms with van der Waals surface area (Å²) >= 11 is 0. The van der Waals surface area contributed by atoms with E-state index in [4.69, 9.17) is 0 Å². The minimum absolute atomic E-state index is 0.193. The summed E-state index contributed by atoms with van der Waals surface area (Å²) in [6, 6.07) is -0.886. The standard InChI is InChI=1S/C19H38N2O4/c1-9-19(10-2,15(24)20-13(11-22)17(3,4)5)16(25)21-14(12-23)18(6,7)8/h13-14,22-23H,9-12H2,1-8H3,(H,20,24)(H,21,25)/t13-,14-/m1/s1. The van der Waals surface area contributed by atoms with E-state index >= 15 is 0 Å². The average Bonchev–Trinajstić information content (AvgIpc) is 2.49. The van der Waals surface area contributed by atoms with E-state index in [9.17, 15) is 19.8 Å². The molecule has 0 aromatic heterocycles. The Labute approximate surface area is 152 Å². The Kier molecular flexibility index (Phi) is 8.58. The van der Waals surface area contributed by atoms with Crippen LogP contribution < -0.4 is 10.6 Å². The number of aliphatic hydroxyl groups excluding tert-OH is 2. The van der Waals surface area contributed by atoms with Crippen LogP contribution in [0.25, 0.3) is 0 Å². The number of aliphatic hydroxyl groups is 2. The lowest BCUT2D eigenvalue weighted by Crippen LogP contribution is -2.59. The van der Waals surface area contributed by atoms with Crippen molar-refractivity contribution < 1.29 is 19.8 Å². The van der Waals surface area contributed by atoms with Gasteiger partial charge in [0, 0.05) is 0 Å². The van der Waals surface area contributed by atoms with E-state index in [0.717, 1.165) is 0 Å². The molecule has 25 heavy (non-hydrogen) atoms. The molecule has 0 aliphatic heterocycles. The van der Waals surface area contributed by atoms with Gasteiger partial charge in [-0.2, -0.15) is 0 Å². The second-order valence-electron chi connectivity index (χ2n) is 8.94. The molecule has 0 aliphatic rings. The second-order valence-corrected chi connectivity index (χ2v) is 8.94. The normalized spacial score (nSPS) is 15.4. The highest BCUT2D eigenvalue weighted by Gasteiger charge is 2.45. The quantitative estimate of drug-likeness (QED) is 0.498. The molecular formula is C19H38N2O4. The smallest absolute Gasteiger partial charge is 0.235 e. The van der Waals surface area contributed by atoms with Crippen LogP contribution in [0, 0.1) is 16.2 Å². The number of carbonyl (C=O) groups is 2. The maximum atomic E-state index is 13.0. The van der Waals surface area contributed by atoms with Crippen molar-refractivity contribution in [1.29, 1.82) is 0 Å². The lowest BCUT2D eigenvalue weighted by atomic mass is 9.77. The Bertz CT molecular complexity index is 407. The SMILES string of the molecule is CCC(CC)(C(=O)N[C@H](CO)C(C)(C)C)C(=O)N[C@H](CO)C(C)(C)C. The lowest BCUT2D eigenvalue weighted by molar-refractivity contribution is -0.146. The number of hydrogen-bond donors (Lipinski definition) is 4. The van der Waals surface area contributed by atoms with Crippen molar-refractivity contribution in [2.75, 3.05) is 13.2 Å². The zero-order chi connectivity index (χ0) is 20.1. The topological polar surface area (TPSA) is 98.7 Å². The van der Waals surface area contributed by atoms with Gasteiger partial charge in [0.2, 0.25) is 11.8 Å². The van der Waals surface area contributed by atoms with Crippen LogP contribution in [0.5, 0.6) is 0 Å². The fraction of sp³-hybridized carbons (Fsp3) is 0.895. The highest BCUT2D eigenvalue weighted by atomic mass is 16.3. The summed E-state index contributed by atoms with van der Waals surface area (Å²) in [6.07, 6.45) is 0.678. The molecule has 148 valence electrons. The molecule has 0 rings (SSSR count). The zero-order valence-electron chi connectivity index (χ0n) is 17.2. The van der Waals surface area contributed by atoms with Crippen molar-refractivity contribution in [2.45, 2.75) is 80.3 Å². The molecular weight excluding hydrogens is 320 g/mol. The predicted molar refractivity (Wildman–Crippen MR) is 100.0 cm³/mol. The highest BCUT2D eigenvalue weighted by molar-refractivity contribution is 6.05. The first-order valence-corrected chi connectivity index (χ1v) is 9.13. The summed E-state index contributed by atoms with van der Waals surface area (Å²) in [4.78, 5) is 25.9. The largest absolute Gasteiger partial charge is 0.394 e. The molecule has 0 aliphatic carbocycles. The first-order valence-electron chi connectivity index (χ1n) is 9.13. The van der Waals surface area contributed by atoms with Gasteiger partial charge in [0.1, 0.15) is 5.41 Å². The van der Waals surface area contributed by atoms with E-state index in [1.807, 2.05) is 41.5 Å². The van der Waals surface area contributed by atoms with Gasteiger partial charge in [0.05, 0.1) is 25.3 Å². The number of hydrogen-bond acceptors (Lipinski definition) is 4. The van der Waals surface area contributed by atoms with Crippen LogP contribution in [-0.4, -0.2) is 47.3 Å². The Morgan fingerprint density at radius 3 is 1.20 bits per heavy atom. The van der Waals surface area contributed by atoms with Crippen LogP contribution in [0.4, 0.5) is 0 Å². The van der Waals surface area contributed by atoms with Crippen molar-refractivity contribution in [3.63, 3.8) is 0 Å². The molecule has 2 atom stereocenters. The van der Waals surface area contributed by atoms with Gasteiger partial charge in [-0.05, 0) is 23.7 Å². The van der Waals surface area contributed by atoms with E-state index < -0.39 is 17.5 Å². The summed E-state index contributed by atoms with van der Waals surface area (Å²) in [5.41, 5.74) is -1.88. The van der Waals surface area contributed by atoms with E-state index in [1.165, 1.54) is 0 Å². The van der Waals surface area contributed by atoms with E-state index in [2.05, 4.69) is 10.6 Å². The fourth-order valence-electron chi connectivity index (χ4n) is 2.66. The third-order valence-electron chi connectivity index (χ3n) is 5.14. The molecule has 0 saturated carbocycles. The average molecular weight is 359 g/mol. The van der Waals surface area contributed by atoms with Crippen molar-refractivity contribution in [1.82, 2.24) is 10.6 Å². The highest BCUT2D eigenvalue weighted by Crippen LogP contribution is 2.30. The third kappa shape index (κ3) is 5.96. The Morgan fingerprint density at radius 1 is 0.760 bits per heavy atom. The molecule has 0 unspecified atom stereocenters. The molecule has 6 nitrogen and oxygen atoms in total. The van der Waals surface area contributed by atoms with Gasteiger partial charge in [-0.3, -0.25) is 9.59 Å².